The molecule has 0 bridgehead atoms. The van der Waals surface area contributed by atoms with E-state index in [1.54, 1.807) is 7.11 Å². The minimum Gasteiger partial charge on any atom is -0.459 e. The second kappa shape index (κ2) is 7.59. The molecule has 4 nitrogen and oxygen atoms in total. The summed E-state index contributed by atoms with van der Waals surface area (Å²) in [5.41, 5.74) is 7.98. The van der Waals surface area contributed by atoms with Gasteiger partial charge >= 0.3 is 0 Å². The lowest BCUT2D eigenvalue weighted by Gasteiger charge is -2.27. The number of furan rings is 1. The van der Waals surface area contributed by atoms with Crippen molar-refractivity contribution in [2.45, 2.75) is 39.4 Å². The normalized spacial score (nSPS) is 13.2. The fourth-order valence-corrected chi connectivity index (χ4v) is 2.61. The lowest BCUT2D eigenvalue weighted by molar-refractivity contribution is 0.112. The predicted octanol–water partition coefficient (Wildman–Crippen LogP) is 3.14. The highest BCUT2D eigenvalue weighted by molar-refractivity contribution is 5.82. The Bertz CT molecular complexity index is 565. The molecule has 1 aromatic carbocycles. The molecule has 2 rings (SSSR count). The summed E-state index contributed by atoms with van der Waals surface area (Å²) in [6.07, 6.45) is 1.10. The van der Waals surface area contributed by atoms with E-state index in [1.807, 2.05) is 18.2 Å². The lowest BCUT2D eigenvalue weighted by Crippen LogP contribution is -2.35. The van der Waals surface area contributed by atoms with E-state index in [1.165, 1.54) is 0 Å². The van der Waals surface area contributed by atoms with E-state index in [0.717, 1.165) is 48.4 Å². The zero-order valence-electron chi connectivity index (χ0n) is 13.3. The fourth-order valence-electron chi connectivity index (χ4n) is 2.61. The van der Waals surface area contributed by atoms with Crippen LogP contribution in [-0.2, 0) is 17.8 Å². The van der Waals surface area contributed by atoms with Crippen molar-refractivity contribution >= 4 is 11.0 Å². The topological polar surface area (TPSA) is 51.6 Å². The summed E-state index contributed by atoms with van der Waals surface area (Å²) in [6, 6.07) is 8.58. The summed E-state index contributed by atoms with van der Waals surface area (Å²) < 4.78 is 11.3. The van der Waals surface area contributed by atoms with Gasteiger partial charge in [-0.3, -0.25) is 4.90 Å². The number of para-hydroxylation sites is 1. The first-order valence-electron chi connectivity index (χ1n) is 7.63. The van der Waals surface area contributed by atoms with Gasteiger partial charge in [0.05, 0.1) is 13.2 Å². The smallest absolute Gasteiger partial charge is 0.134 e. The van der Waals surface area contributed by atoms with Crippen LogP contribution in [0.1, 0.15) is 31.6 Å². The third-order valence-electron chi connectivity index (χ3n) is 4.13. The molecular formula is C17H26N2O2. The number of benzene rings is 1. The van der Waals surface area contributed by atoms with Crippen LogP contribution in [-0.4, -0.2) is 31.2 Å². The first kappa shape index (κ1) is 16.0. The molecule has 0 aliphatic carbocycles. The Morgan fingerprint density at radius 3 is 2.76 bits per heavy atom. The van der Waals surface area contributed by atoms with Crippen molar-refractivity contribution in [2.75, 3.05) is 20.3 Å². The van der Waals surface area contributed by atoms with Crippen molar-refractivity contribution in [1.29, 1.82) is 0 Å². The number of rotatable bonds is 8. The number of nitrogens with zero attached hydrogens (tertiary/aromatic N) is 1. The van der Waals surface area contributed by atoms with E-state index in [4.69, 9.17) is 14.9 Å². The number of hydrogen-bond donors (Lipinski definition) is 1. The molecule has 0 aliphatic heterocycles. The van der Waals surface area contributed by atoms with Crippen LogP contribution in [0.3, 0.4) is 0 Å². The van der Waals surface area contributed by atoms with Crippen molar-refractivity contribution in [3.63, 3.8) is 0 Å². The van der Waals surface area contributed by atoms with Gasteiger partial charge in [0.15, 0.2) is 0 Å². The highest BCUT2D eigenvalue weighted by atomic mass is 16.5. The first-order valence-corrected chi connectivity index (χ1v) is 7.63. The van der Waals surface area contributed by atoms with Gasteiger partial charge in [-0.15, -0.1) is 0 Å². The number of hydrogen-bond acceptors (Lipinski definition) is 4. The molecule has 0 amide bonds. The summed E-state index contributed by atoms with van der Waals surface area (Å²) in [5.74, 6) is 0.982. The van der Waals surface area contributed by atoms with Crippen LogP contribution < -0.4 is 5.73 Å². The van der Waals surface area contributed by atoms with Crippen LogP contribution in [0.4, 0.5) is 0 Å². The molecule has 2 aromatic rings. The maximum atomic E-state index is 6.03. The van der Waals surface area contributed by atoms with Crippen LogP contribution in [0.5, 0.6) is 0 Å². The lowest BCUT2D eigenvalue weighted by atomic mass is 10.1. The summed E-state index contributed by atoms with van der Waals surface area (Å²) >= 11 is 0. The summed E-state index contributed by atoms with van der Waals surface area (Å²) in [5, 5.41) is 1.13. The maximum Gasteiger partial charge on any atom is 0.134 e. The van der Waals surface area contributed by atoms with Crippen LogP contribution in [0.2, 0.25) is 0 Å². The van der Waals surface area contributed by atoms with Crippen LogP contribution in [0.15, 0.2) is 28.7 Å². The minimum atomic E-state index is 0.485. The summed E-state index contributed by atoms with van der Waals surface area (Å²) in [4.78, 5) is 2.39. The molecule has 0 spiro atoms. The average Bonchev–Trinajstić information content (AvgIpc) is 2.87. The Balaban J connectivity index is 2.26. The minimum absolute atomic E-state index is 0.485. The zero-order valence-corrected chi connectivity index (χ0v) is 13.3. The van der Waals surface area contributed by atoms with Crippen molar-refractivity contribution in [3.8, 4) is 0 Å². The maximum absolute atomic E-state index is 6.03. The Labute approximate surface area is 126 Å². The Kier molecular flexibility index (Phi) is 5.79. The quantitative estimate of drug-likeness (QED) is 0.811. The Hall–Kier alpha value is -1.36. The second-order valence-corrected chi connectivity index (χ2v) is 5.42. The molecule has 4 heteroatoms. The second-order valence-electron chi connectivity index (χ2n) is 5.42. The van der Waals surface area contributed by atoms with E-state index in [0.29, 0.717) is 12.6 Å². The first-order chi connectivity index (χ1) is 10.2. The average molecular weight is 290 g/mol. The van der Waals surface area contributed by atoms with Gasteiger partial charge < -0.3 is 14.9 Å². The van der Waals surface area contributed by atoms with Gasteiger partial charge in [-0.05, 0) is 19.4 Å². The van der Waals surface area contributed by atoms with Crippen LogP contribution >= 0.6 is 0 Å². The molecule has 1 aromatic heterocycles. The van der Waals surface area contributed by atoms with Crippen LogP contribution in [0, 0.1) is 0 Å². The van der Waals surface area contributed by atoms with Gasteiger partial charge in [-0.1, -0.05) is 25.1 Å². The summed E-state index contributed by atoms with van der Waals surface area (Å²) in [7, 11) is 1.74. The Morgan fingerprint density at radius 2 is 2.10 bits per heavy atom. The molecule has 0 fully saturated rings. The van der Waals surface area contributed by atoms with Gasteiger partial charge in [-0.25, -0.2) is 0 Å². The number of nitrogens with two attached hydrogens (primary N) is 1. The fraction of sp³-hybridized carbons (Fsp3) is 0.529. The molecule has 1 heterocycles. The van der Waals surface area contributed by atoms with E-state index >= 15 is 0 Å². The molecule has 2 N–H and O–H groups in total. The van der Waals surface area contributed by atoms with E-state index in [9.17, 15) is 0 Å². The van der Waals surface area contributed by atoms with Gasteiger partial charge in [0, 0.05) is 37.2 Å². The third kappa shape index (κ3) is 3.64. The molecule has 1 unspecified atom stereocenters. The van der Waals surface area contributed by atoms with Gasteiger partial charge in [-0.2, -0.15) is 0 Å². The zero-order chi connectivity index (χ0) is 15.2. The molecular weight excluding hydrogens is 264 g/mol. The number of fused-ring (bicyclic) bond motifs is 1. The van der Waals surface area contributed by atoms with E-state index in [-0.39, 0.29) is 0 Å². The molecule has 0 aliphatic rings. The third-order valence-corrected chi connectivity index (χ3v) is 4.13. The number of ether oxygens (including phenoxy) is 1. The SMILES string of the molecule is CCC(C)N(CCOC)Cc1oc2ccccc2c1CN. The van der Waals surface area contributed by atoms with Gasteiger partial charge in [0.1, 0.15) is 11.3 Å². The molecule has 0 saturated carbocycles. The van der Waals surface area contributed by atoms with Crippen LogP contribution in [0.25, 0.3) is 11.0 Å². The molecule has 0 radical (unpaired) electrons. The highest BCUT2D eigenvalue weighted by Gasteiger charge is 2.18. The van der Waals surface area contributed by atoms with E-state index < -0.39 is 0 Å². The summed E-state index contributed by atoms with van der Waals surface area (Å²) in [6.45, 7) is 7.34. The van der Waals surface area contributed by atoms with Crippen molar-refractivity contribution < 1.29 is 9.15 Å². The number of methoxy groups -OCH3 is 1. The van der Waals surface area contributed by atoms with Crippen molar-refractivity contribution in [3.05, 3.63) is 35.6 Å². The monoisotopic (exact) mass is 290 g/mol. The largest absolute Gasteiger partial charge is 0.459 e. The molecule has 0 saturated heterocycles. The molecule has 21 heavy (non-hydrogen) atoms. The van der Waals surface area contributed by atoms with Crippen molar-refractivity contribution in [1.82, 2.24) is 4.90 Å². The Morgan fingerprint density at radius 1 is 1.33 bits per heavy atom. The predicted molar refractivity (Wildman–Crippen MR) is 86.1 cm³/mol. The standard InChI is InChI=1S/C17H26N2O2/c1-4-13(2)19(9-10-20-3)12-17-15(11-18)14-7-5-6-8-16(14)21-17/h5-8,13H,4,9-12,18H2,1-3H3. The highest BCUT2D eigenvalue weighted by Crippen LogP contribution is 2.27. The van der Waals surface area contributed by atoms with Gasteiger partial charge in [0.2, 0.25) is 0 Å². The molecule has 1 atom stereocenters. The van der Waals surface area contributed by atoms with Gasteiger partial charge in [0.25, 0.3) is 0 Å². The van der Waals surface area contributed by atoms with E-state index in [2.05, 4.69) is 24.8 Å². The molecule has 116 valence electrons. The van der Waals surface area contributed by atoms with Crippen molar-refractivity contribution in [2.24, 2.45) is 5.73 Å².